The number of benzene rings is 6. The molecule has 5 aliphatic heterocycles. The van der Waals surface area contributed by atoms with Gasteiger partial charge in [0.2, 0.25) is 17.7 Å². The number of carbonyl (C=O) groups is 5. The lowest BCUT2D eigenvalue weighted by atomic mass is 9.87. The van der Waals surface area contributed by atoms with Crippen LogP contribution < -0.4 is 32.6 Å². The van der Waals surface area contributed by atoms with Gasteiger partial charge in [0.05, 0.1) is 73.9 Å². The molecule has 1 spiro atoms. The molecule has 5 amide bonds. The number of piperidine rings is 4. The highest BCUT2D eigenvalue weighted by atomic mass is 19.4. The van der Waals surface area contributed by atoms with Crippen molar-refractivity contribution < 1.29 is 70.4 Å². The van der Waals surface area contributed by atoms with Gasteiger partial charge in [-0.1, -0.05) is 54.6 Å². The molecule has 35 heteroatoms. The van der Waals surface area contributed by atoms with Gasteiger partial charge in [0, 0.05) is 137 Å². The van der Waals surface area contributed by atoms with E-state index in [1.54, 1.807) is 61.7 Å². The van der Waals surface area contributed by atoms with Crippen LogP contribution in [-0.2, 0) is 89.4 Å². The SMILES string of the molecule is CN(Cc1ccc(-n2cc3cc(NC(=O)c4cc(CC(C)(O)c5cc6nn(-c7ccc(CN8CCC9(CC8)CN(Cc8cccc%10c8n(C)c(=O)n%10C8CCC(=O)NC8O)CCO9)cc7)cc6cc5NC(=O)c5cccc(C(F)(F)F)n5)cc(C(F)(F)F)n4)c(C(C)(C)O)cc3n2)cc1)C1CCN(Cc2cccc3c2n(C)c(=O)n3C2CCC(=O)NC2=O)CC1. The van der Waals surface area contributed by atoms with E-state index in [1.165, 1.54) is 37.5 Å². The molecular weight excluding hydrogens is 1620 g/mol. The highest BCUT2D eigenvalue weighted by Crippen LogP contribution is 2.41. The van der Waals surface area contributed by atoms with E-state index in [9.17, 15) is 62.1 Å². The van der Waals surface area contributed by atoms with Crippen LogP contribution >= 0.6 is 0 Å². The molecule has 0 saturated carbocycles. The number of imidazole rings is 2. The molecule has 7 N–H and O–H groups in total. The molecule has 0 bridgehead atoms. The Morgan fingerprint density at radius 3 is 1.73 bits per heavy atom. The van der Waals surface area contributed by atoms with Crippen LogP contribution in [0.15, 0.2) is 162 Å². The fourth-order valence-electron chi connectivity index (χ4n) is 18.6. The molecule has 5 saturated heterocycles. The van der Waals surface area contributed by atoms with Gasteiger partial charge < -0.3 is 36.0 Å². The number of nitrogens with one attached hydrogen (secondary N) is 4. The van der Waals surface area contributed by atoms with Gasteiger partial charge in [-0.15, -0.1) is 0 Å². The number of alkyl halides is 6. The molecular formula is C90H94F6N18O11. The predicted molar refractivity (Wildman–Crippen MR) is 451 cm³/mol. The normalized spacial score (nSPS) is 19.1. The summed E-state index contributed by atoms with van der Waals surface area (Å²) in [6.45, 7) is 11.6. The summed E-state index contributed by atoms with van der Waals surface area (Å²) in [7, 11) is 5.52. The summed E-state index contributed by atoms with van der Waals surface area (Å²) in [5, 5.41) is 55.9. The summed E-state index contributed by atoms with van der Waals surface area (Å²) in [6, 6.07) is 36.4. The van der Waals surface area contributed by atoms with Crippen molar-refractivity contribution in [1.82, 2.24) is 78.0 Å². The molecule has 11 heterocycles. The number of para-hydroxylation sites is 2. The van der Waals surface area contributed by atoms with Crippen molar-refractivity contribution in [3.8, 4) is 11.4 Å². The van der Waals surface area contributed by atoms with E-state index in [0.717, 1.165) is 103 Å². The van der Waals surface area contributed by atoms with Crippen LogP contribution in [0.5, 0.6) is 0 Å². The molecule has 4 unspecified atom stereocenters. The minimum atomic E-state index is -5.14. The molecule has 0 radical (unpaired) electrons. The molecule has 6 aromatic heterocycles. The van der Waals surface area contributed by atoms with Gasteiger partial charge in [0.15, 0.2) is 0 Å². The van der Waals surface area contributed by atoms with Gasteiger partial charge in [-0.2, -0.15) is 36.5 Å². The molecule has 0 aliphatic carbocycles. The number of aliphatic hydroxyl groups excluding tert-OH is 1. The topological polar surface area (TPSA) is 332 Å². The Labute approximate surface area is 711 Å². The van der Waals surface area contributed by atoms with Crippen molar-refractivity contribution in [2.75, 3.05) is 63.6 Å². The number of fused-ring (bicyclic) bond motifs is 4. The van der Waals surface area contributed by atoms with E-state index in [2.05, 4.69) is 57.9 Å². The van der Waals surface area contributed by atoms with Crippen molar-refractivity contribution in [2.24, 2.45) is 14.1 Å². The Morgan fingerprint density at radius 1 is 0.584 bits per heavy atom. The Balaban J connectivity index is 0.564. The van der Waals surface area contributed by atoms with E-state index >= 15 is 13.2 Å². The third kappa shape index (κ3) is 17.4. The van der Waals surface area contributed by atoms with Crippen molar-refractivity contribution >= 4 is 84.8 Å². The van der Waals surface area contributed by atoms with E-state index < -0.39 is 94.4 Å². The number of hydrogen-bond acceptors (Lipinski definition) is 19. The number of pyridine rings is 2. The molecule has 4 atom stereocenters. The molecule has 5 fully saturated rings. The first kappa shape index (κ1) is 85.1. The lowest BCUT2D eigenvalue weighted by Crippen LogP contribution is -2.56. The second-order valence-corrected chi connectivity index (χ2v) is 34.5. The van der Waals surface area contributed by atoms with Gasteiger partial charge in [-0.3, -0.25) is 67.2 Å². The van der Waals surface area contributed by atoms with Crippen LogP contribution in [0, 0.1) is 0 Å². The van der Waals surface area contributed by atoms with E-state index in [1.807, 2.05) is 84.9 Å². The molecule has 5 aliphatic rings. The quantitative estimate of drug-likeness (QED) is 0.0260. The maximum absolute atomic E-state index is 15.1. The van der Waals surface area contributed by atoms with Crippen LogP contribution in [0.2, 0.25) is 0 Å². The number of aryl methyl sites for hydroxylation is 2. The van der Waals surface area contributed by atoms with Gasteiger partial charge in [0.1, 0.15) is 35.0 Å². The number of imide groups is 1. The number of hydrogen-bond donors (Lipinski definition) is 7. The monoisotopic (exact) mass is 1720 g/mol. The number of rotatable bonds is 21. The van der Waals surface area contributed by atoms with Crippen molar-refractivity contribution in [2.45, 2.75) is 158 Å². The fourth-order valence-corrected chi connectivity index (χ4v) is 18.6. The fraction of sp³-hybridized carbons (Fsp3) is 0.389. The first-order valence-corrected chi connectivity index (χ1v) is 41.6. The Morgan fingerprint density at radius 2 is 1.13 bits per heavy atom. The Kier molecular flexibility index (Phi) is 22.5. The lowest BCUT2D eigenvalue weighted by molar-refractivity contribution is -0.142. The van der Waals surface area contributed by atoms with Crippen molar-refractivity contribution in [1.29, 1.82) is 0 Å². The maximum Gasteiger partial charge on any atom is 0.433 e. The zero-order chi connectivity index (χ0) is 88.1. The van der Waals surface area contributed by atoms with E-state index in [-0.39, 0.29) is 82.1 Å². The molecule has 652 valence electrons. The Bertz CT molecular complexity index is 6360. The molecule has 125 heavy (non-hydrogen) atoms. The summed E-state index contributed by atoms with van der Waals surface area (Å²) < 4.78 is 103. The maximum atomic E-state index is 15.1. The molecule has 12 aromatic rings. The summed E-state index contributed by atoms with van der Waals surface area (Å²) in [4.78, 5) is 110. The third-order valence-corrected chi connectivity index (χ3v) is 25.1. The number of aromatic nitrogens is 10. The third-order valence-electron chi connectivity index (χ3n) is 25.1. The van der Waals surface area contributed by atoms with Gasteiger partial charge in [0.25, 0.3) is 11.8 Å². The highest BCUT2D eigenvalue weighted by Gasteiger charge is 2.43. The van der Waals surface area contributed by atoms with Crippen LogP contribution in [0.3, 0.4) is 0 Å². The van der Waals surface area contributed by atoms with Crippen LogP contribution in [-0.4, -0.2) is 183 Å². The minimum absolute atomic E-state index is 0.0263. The smallest absolute Gasteiger partial charge is 0.386 e. The number of carbonyl (C=O) groups excluding carboxylic acids is 5. The van der Waals surface area contributed by atoms with Crippen LogP contribution in [0.1, 0.15) is 156 Å². The van der Waals surface area contributed by atoms with Crippen LogP contribution in [0.25, 0.3) is 55.2 Å². The number of halogens is 6. The summed E-state index contributed by atoms with van der Waals surface area (Å²) in [5.74, 6) is -3.32. The van der Waals surface area contributed by atoms with Crippen molar-refractivity contribution in [3.63, 3.8) is 0 Å². The number of ether oxygens (including phenoxy) is 1. The van der Waals surface area contributed by atoms with Gasteiger partial charge >= 0.3 is 23.7 Å². The summed E-state index contributed by atoms with van der Waals surface area (Å²) in [5.41, 5.74) is -0.661. The number of likely N-dealkylation sites (tertiary alicyclic amines) is 2. The predicted octanol–water partition coefficient (Wildman–Crippen LogP) is 10.4. The zero-order valence-corrected chi connectivity index (χ0v) is 69.5. The Hall–Kier alpha value is -12.1. The standard InChI is InChI=1S/C90H94F6N18O11/c1-86(2,123)62-42-65-57(49-111(103-65)60-20-16-52(17-21-60)45-105(4)59-28-32-108(33-29-59)47-55-10-7-13-70-78(55)106(5)84(121)113(70)72-24-26-76(115)101-82(72)119)40-67(62)99-81(118)69-38-54(39-75(98-69)90(94,95)96)44-87(3,124)63-43-66-58(41-68(63)100-80(117)64-12-9-15-74(97-64)89(91,92)93)50-112(104-66)61-22-18-53(19-23-61)46-109-34-30-88(31-35-109)51-110(36-37-125-88)48-56-11-8-14-71-79(56)107(6)85(122)114(71)73-25-27-77(116)102-83(73)120/h7-23,38-43,49-50,59,72-73,83,120,123-124H,24-37,44-48,51H2,1-6H3,(H,99,118)(H,100,117)(H,102,116)(H,101,115,119). The number of amides is 5. The highest BCUT2D eigenvalue weighted by molar-refractivity contribution is 6.06. The van der Waals surface area contributed by atoms with Gasteiger partial charge in [-0.05, 0) is 192 Å². The summed E-state index contributed by atoms with van der Waals surface area (Å²) >= 11 is 0. The van der Waals surface area contributed by atoms with Crippen LogP contribution in [0.4, 0.5) is 37.7 Å². The average molecular weight is 1720 g/mol. The molecule has 17 rings (SSSR count). The van der Waals surface area contributed by atoms with Crippen molar-refractivity contribution in [3.05, 3.63) is 235 Å². The second kappa shape index (κ2) is 33.1. The summed E-state index contributed by atoms with van der Waals surface area (Å²) in [6.07, 6.45) is -4.34. The minimum Gasteiger partial charge on any atom is -0.386 e. The number of aliphatic hydroxyl groups is 3. The number of anilines is 2. The first-order valence-electron chi connectivity index (χ1n) is 41.6. The van der Waals surface area contributed by atoms with E-state index in [4.69, 9.17) is 14.9 Å². The van der Waals surface area contributed by atoms with E-state index in [0.29, 0.717) is 103 Å². The molecule has 29 nitrogen and oxygen atoms in total. The lowest BCUT2D eigenvalue weighted by Gasteiger charge is -2.47. The molecule has 6 aromatic carbocycles. The first-order chi connectivity index (χ1) is 59.5. The zero-order valence-electron chi connectivity index (χ0n) is 69.5. The largest absolute Gasteiger partial charge is 0.433 e. The average Bonchev–Trinajstić information content (AvgIpc) is 1.62. The second-order valence-electron chi connectivity index (χ2n) is 34.5. The number of morpholine rings is 1. The number of nitrogens with zero attached hydrogens (tertiary/aromatic N) is 14. The van der Waals surface area contributed by atoms with Gasteiger partial charge in [-0.25, -0.2) is 28.9 Å².